The highest BCUT2D eigenvalue weighted by Crippen LogP contribution is 2.15. The third kappa shape index (κ3) is 8.26. The molecule has 1 rings (SSSR count). The molecule has 0 saturated heterocycles. The summed E-state index contributed by atoms with van der Waals surface area (Å²) >= 11 is 0. The molecule has 1 heteroatoms. The average molecular weight is 290 g/mol. The largest absolute Gasteiger partial charge is 0.317 e. The van der Waals surface area contributed by atoms with E-state index in [4.69, 9.17) is 0 Å². The summed E-state index contributed by atoms with van der Waals surface area (Å²) in [5.41, 5.74) is 2.94. The maximum atomic E-state index is 3.50. The molecule has 0 fully saturated rings. The number of aryl methyl sites for hydroxylation is 2. The highest BCUT2D eigenvalue weighted by molar-refractivity contribution is 5.25. The molecule has 1 nitrogen and oxygen atoms in total. The van der Waals surface area contributed by atoms with Crippen molar-refractivity contribution in [3.8, 4) is 0 Å². The molecule has 0 bridgehead atoms. The van der Waals surface area contributed by atoms with E-state index in [-0.39, 0.29) is 0 Å². The smallest absolute Gasteiger partial charge is 0.00672 e. The molecular weight excluding hydrogens is 254 g/mol. The molecule has 0 aliphatic carbocycles. The molecule has 0 amide bonds. The number of hydrogen-bond acceptors (Lipinski definition) is 1. The minimum absolute atomic E-state index is 0.681. The third-order valence-corrected chi connectivity index (χ3v) is 4.59. The van der Waals surface area contributed by atoms with Gasteiger partial charge in [0.25, 0.3) is 0 Å². The Labute approximate surface area is 132 Å². The molecule has 21 heavy (non-hydrogen) atoms. The lowest BCUT2D eigenvalue weighted by atomic mass is 9.97. The van der Waals surface area contributed by atoms with Gasteiger partial charge in [0.05, 0.1) is 0 Å². The van der Waals surface area contributed by atoms with Gasteiger partial charge in [-0.1, -0.05) is 76.1 Å². The first-order chi connectivity index (χ1) is 10.3. The Kier molecular flexibility index (Phi) is 10.2. The van der Waals surface area contributed by atoms with E-state index in [0.29, 0.717) is 6.04 Å². The second kappa shape index (κ2) is 11.8. The summed E-state index contributed by atoms with van der Waals surface area (Å²) in [4.78, 5) is 0. The standard InChI is InChI=1S/C20H35N/c1-4-5-6-7-8-9-10-15-20(21-3)17-16-19-14-12-11-13-18(19)2/h11-14,20-21H,4-10,15-17H2,1-3H3. The van der Waals surface area contributed by atoms with Crippen molar-refractivity contribution in [2.75, 3.05) is 7.05 Å². The monoisotopic (exact) mass is 289 g/mol. The van der Waals surface area contributed by atoms with Crippen LogP contribution in [-0.2, 0) is 6.42 Å². The highest BCUT2D eigenvalue weighted by atomic mass is 14.9. The highest BCUT2D eigenvalue weighted by Gasteiger charge is 2.07. The van der Waals surface area contributed by atoms with Crippen LogP contribution in [0.2, 0.25) is 0 Å². The van der Waals surface area contributed by atoms with Gasteiger partial charge < -0.3 is 5.32 Å². The minimum Gasteiger partial charge on any atom is -0.317 e. The van der Waals surface area contributed by atoms with Crippen molar-refractivity contribution in [1.82, 2.24) is 5.32 Å². The van der Waals surface area contributed by atoms with Gasteiger partial charge in [0, 0.05) is 6.04 Å². The third-order valence-electron chi connectivity index (χ3n) is 4.59. The Morgan fingerprint density at radius 2 is 1.57 bits per heavy atom. The molecule has 0 spiro atoms. The zero-order valence-electron chi connectivity index (χ0n) is 14.5. The molecule has 1 atom stereocenters. The van der Waals surface area contributed by atoms with E-state index in [9.17, 15) is 0 Å². The van der Waals surface area contributed by atoms with Crippen LogP contribution >= 0.6 is 0 Å². The lowest BCUT2D eigenvalue weighted by molar-refractivity contribution is 0.457. The number of hydrogen-bond donors (Lipinski definition) is 1. The summed E-state index contributed by atoms with van der Waals surface area (Å²) in [6.45, 7) is 4.51. The molecule has 0 aromatic heterocycles. The molecule has 0 aliphatic heterocycles. The van der Waals surface area contributed by atoms with Gasteiger partial charge in [-0.2, -0.15) is 0 Å². The Bertz CT molecular complexity index is 359. The maximum absolute atomic E-state index is 3.50. The molecule has 0 radical (unpaired) electrons. The number of nitrogens with one attached hydrogen (secondary N) is 1. The zero-order valence-corrected chi connectivity index (χ0v) is 14.5. The maximum Gasteiger partial charge on any atom is 0.00672 e. The van der Waals surface area contributed by atoms with Crippen molar-refractivity contribution in [3.63, 3.8) is 0 Å². The van der Waals surface area contributed by atoms with Gasteiger partial charge in [-0.15, -0.1) is 0 Å². The van der Waals surface area contributed by atoms with Crippen LogP contribution in [0.25, 0.3) is 0 Å². The van der Waals surface area contributed by atoms with E-state index in [1.54, 1.807) is 0 Å². The Morgan fingerprint density at radius 1 is 0.905 bits per heavy atom. The molecule has 0 saturated carbocycles. The number of benzene rings is 1. The number of rotatable bonds is 12. The first-order valence-electron chi connectivity index (χ1n) is 8.99. The zero-order chi connectivity index (χ0) is 15.3. The van der Waals surface area contributed by atoms with Crippen molar-refractivity contribution in [1.29, 1.82) is 0 Å². The van der Waals surface area contributed by atoms with Crippen LogP contribution in [0.3, 0.4) is 0 Å². The summed E-state index contributed by atoms with van der Waals surface area (Å²) in [7, 11) is 2.11. The summed E-state index contributed by atoms with van der Waals surface area (Å²) in [5.74, 6) is 0. The van der Waals surface area contributed by atoms with Crippen LogP contribution in [-0.4, -0.2) is 13.1 Å². The van der Waals surface area contributed by atoms with Crippen molar-refractivity contribution < 1.29 is 0 Å². The van der Waals surface area contributed by atoms with Gasteiger partial charge >= 0.3 is 0 Å². The number of unbranched alkanes of at least 4 members (excludes halogenated alkanes) is 6. The molecule has 120 valence electrons. The normalized spacial score (nSPS) is 12.5. The van der Waals surface area contributed by atoms with Crippen molar-refractivity contribution in [2.24, 2.45) is 0 Å². The minimum atomic E-state index is 0.681. The lowest BCUT2D eigenvalue weighted by Crippen LogP contribution is -2.25. The molecule has 1 aromatic carbocycles. The van der Waals surface area contributed by atoms with Crippen molar-refractivity contribution in [3.05, 3.63) is 35.4 Å². The fourth-order valence-corrected chi connectivity index (χ4v) is 3.00. The summed E-state index contributed by atoms with van der Waals surface area (Å²) in [5, 5.41) is 3.50. The molecule has 1 aromatic rings. The van der Waals surface area contributed by atoms with Crippen LogP contribution in [0.4, 0.5) is 0 Å². The van der Waals surface area contributed by atoms with E-state index in [0.717, 1.165) is 0 Å². The van der Waals surface area contributed by atoms with Gasteiger partial charge in [0.15, 0.2) is 0 Å². The van der Waals surface area contributed by atoms with Gasteiger partial charge in [-0.05, 0) is 44.4 Å². The quantitative estimate of drug-likeness (QED) is 0.490. The van der Waals surface area contributed by atoms with Crippen LogP contribution in [0, 0.1) is 6.92 Å². The Morgan fingerprint density at radius 3 is 2.24 bits per heavy atom. The molecule has 0 aliphatic rings. The van der Waals surface area contributed by atoms with E-state index < -0.39 is 0 Å². The SMILES string of the molecule is CCCCCCCCCC(CCc1ccccc1C)NC. The fraction of sp³-hybridized carbons (Fsp3) is 0.700. The fourth-order valence-electron chi connectivity index (χ4n) is 3.00. The van der Waals surface area contributed by atoms with Gasteiger partial charge in [0.2, 0.25) is 0 Å². The van der Waals surface area contributed by atoms with Crippen LogP contribution in [0.5, 0.6) is 0 Å². The summed E-state index contributed by atoms with van der Waals surface area (Å²) in [6, 6.07) is 9.47. The van der Waals surface area contributed by atoms with Gasteiger partial charge in [0.1, 0.15) is 0 Å². The van der Waals surface area contributed by atoms with Gasteiger partial charge in [-0.25, -0.2) is 0 Å². The molecule has 1 N–H and O–H groups in total. The average Bonchev–Trinajstić information content (AvgIpc) is 2.51. The van der Waals surface area contributed by atoms with Crippen LogP contribution in [0.15, 0.2) is 24.3 Å². The van der Waals surface area contributed by atoms with Crippen LogP contribution in [0.1, 0.15) is 75.8 Å². The topological polar surface area (TPSA) is 12.0 Å². The Balaban J connectivity index is 2.13. The van der Waals surface area contributed by atoms with E-state index in [1.807, 2.05) is 0 Å². The van der Waals surface area contributed by atoms with Crippen molar-refractivity contribution >= 4 is 0 Å². The van der Waals surface area contributed by atoms with Crippen LogP contribution < -0.4 is 5.32 Å². The second-order valence-electron chi connectivity index (χ2n) is 6.36. The van der Waals surface area contributed by atoms with Gasteiger partial charge in [-0.3, -0.25) is 0 Å². The molecular formula is C20H35N. The first-order valence-corrected chi connectivity index (χ1v) is 8.99. The van der Waals surface area contributed by atoms with E-state index in [1.165, 1.54) is 75.3 Å². The summed E-state index contributed by atoms with van der Waals surface area (Å²) in [6.07, 6.45) is 13.6. The summed E-state index contributed by atoms with van der Waals surface area (Å²) < 4.78 is 0. The van der Waals surface area contributed by atoms with Crippen molar-refractivity contribution in [2.45, 2.75) is 84.1 Å². The molecule has 0 heterocycles. The first kappa shape index (κ1) is 18.2. The lowest BCUT2D eigenvalue weighted by Gasteiger charge is -2.16. The van der Waals surface area contributed by atoms with E-state index in [2.05, 4.69) is 50.5 Å². The Hall–Kier alpha value is -0.820. The molecule has 1 unspecified atom stereocenters. The predicted octanol–water partition coefficient (Wildman–Crippen LogP) is 5.66. The predicted molar refractivity (Wildman–Crippen MR) is 95.0 cm³/mol. The van der Waals surface area contributed by atoms with E-state index >= 15 is 0 Å². The second-order valence-corrected chi connectivity index (χ2v) is 6.36.